The Morgan fingerprint density at radius 3 is 2.48 bits per heavy atom. The van der Waals surface area contributed by atoms with E-state index in [-0.39, 0.29) is 12.1 Å². The number of ether oxygens (including phenoxy) is 1. The molecule has 2 aromatic carbocycles. The summed E-state index contributed by atoms with van der Waals surface area (Å²) >= 11 is 1.81. The zero-order valence-electron chi connectivity index (χ0n) is 28.1. The first kappa shape index (κ1) is 30.1. The number of nitrogens with zero attached hydrogens (tertiary/aromatic N) is 4. The minimum atomic E-state index is -0.525. The molecule has 3 saturated heterocycles. The summed E-state index contributed by atoms with van der Waals surface area (Å²) in [4.78, 5) is 36.6. The van der Waals surface area contributed by atoms with Crippen LogP contribution in [0.5, 0.6) is 0 Å². The van der Waals surface area contributed by atoms with Gasteiger partial charge in [-0.1, -0.05) is 18.2 Å². The van der Waals surface area contributed by atoms with E-state index in [0.29, 0.717) is 24.7 Å². The fourth-order valence-corrected chi connectivity index (χ4v) is 9.60. The van der Waals surface area contributed by atoms with Crippen molar-refractivity contribution >= 4 is 28.5 Å². The lowest BCUT2D eigenvalue weighted by Crippen LogP contribution is -2.36. The van der Waals surface area contributed by atoms with E-state index in [1.165, 1.54) is 52.0 Å². The molecular weight excluding hydrogens is 619 g/mol. The number of rotatable bonds is 5. The molecule has 0 saturated carbocycles. The highest BCUT2D eigenvalue weighted by atomic mass is 32.1. The Hall–Kier alpha value is -3.99. The van der Waals surface area contributed by atoms with E-state index in [2.05, 4.69) is 69.7 Å². The van der Waals surface area contributed by atoms with Crippen molar-refractivity contribution in [3.63, 3.8) is 0 Å². The molecule has 4 aliphatic heterocycles. The van der Waals surface area contributed by atoms with Crippen molar-refractivity contribution in [2.75, 3.05) is 20.1 Å². The van der Waals surface area contributed by atoms with Gasteiger partial charge in [-0.25, -0.2) is 14.8 Å². The number of aromatic amines is 2. The van der Waals surface area contributed by atoms with Crippen LogP contribution in [0.1, 0.15) is 106 Å². The summed E-state index contributed by atoms with van der Waals surface area (Å²) in [5, 5.41) is 3.57. The second kappa shape index (κ2) is 11.3. The van der Waals surface area contributed by atoms with Gasteiger partial charge in [-0.15, -0.1) is 11.3 Å². The molecule has 1 amide bonds. The first-order chi connectivity index (χ1) is 23.2. The molecule has 4 atom stereocenters. The van der Waals surface area contributed by atoms with E-state index in [0.717, 1.165) is 59.1 Å². The quantitative estimate of drug-likeness (QED) is 0.174. The van der Waals surface area contributed by atoms with Crippen LogP contribution < -0.4 is 5.32 Å². The van der Waals surface area contributed by atoms with Crippen molar-refractivity contribution in [2.45, 2.75) is 89.1 Å². The molecule has 48 heavy (non-hydrogen) atoms. The Bertz CT molecular complexity index is 2030. The van der Waals surface area contributed by atoms with E-state index in [4.69, 9.17) is 14.7 Å². The van der Waals surface area contributed by atoms with Crippen LogP contribution in [-0.4, -0.2) is 61.6 Å². The van der Waals surface area contributed by atoms with Gasteiger partial charge >= 0.3 is 6.09 Å². The van der Waals surface area contributed by atoms with E-state index < -0.39 is 5.60 Å². The van der Waals surface area contributed by atoms with Crippen LogP contribution in [0.25, 0.3) is 43.2 Å². The molecule has 3 fully saturated rings. The molecule has 5 aromatic rings. The molecule has 2 bridgehead atoms. The standard InChI is InChI=1S/C38H43N7O2S/c1-38(2,3)47-37(46)45-18-6-8-30(45)36-40-20-27(43-36)32-16-15-31(48-32)23-11-10-22(33-28-13-14-29(34(23)33)44(28)4)21-9-12-24-26(19-21)42-35(41-24)25-7-5-17-39-25/h9-12,15-16,19-20,25,28-30,39H,5-8,13-14,17-18H2,1-4H3,(H,40,43)(H,41,42)/t25-,28?,29?,30-/m0/s1. The number of aromatic nitrogens is 4. The van der Waals surface area contributed by atoms with Gasteiger partial charge in [0.1, 0.15) is 17.2 Å². The molecule has 2 unspecified atom stereocenters. The van der Waals surface area contributed by atoms with Gasteiger partial charge in [0.25, 0.3) is 0 Å². The first-order valence-electron chi connectivity index (χ1n) is 17.5. The van der Waals surface area contributed by atoms with Gasteiger partial charge in [0.05, 0.1) is 39.9 Å². The zero-order chi connectivity index (χ0) is 32.7. The van der Waals surface area contributed by atoms with Gasteiger partial charge < -0.3 is 20.0 Å². The molecule has 0 radical (unpaired) electrons. The maximum absolute atomic E-state index is 12.9. The summed E-state index contributed by atoms with van der Waals surface area (Å²) < 4.78 is 5.69. The zero-order valence-corrected chi connectivity index (χ0v) is 28.9. The molecule has 0 aliphatic carbocycles. The Balaban J connectivity index is 1.03. The predicted molar refractivity (Wildman–Crippen MR) is 190 cm³/mol. The second-order valence-electron chi connectivity index (χ2n) is 14.9. The number of benzene rings is 2. The first-order valence-corrected chi connectivity index (χ1v) is 18.3. The molecule has 3 N–H and O–H groups in total. The minimum Gasteiger partial charge on any atom is -0.444 e. The summed E-state index contributed by atoms with van der Waals surface area (Å²) in [6, 6.07) is 17.0. The van der Waals surface area contributed by atoms with E-state index >= 15 is 0 Å². The Labute approximate surface area is 285 Å². The van der Waals surface area contributed by atoms with Crippen LogP contribution in [0.15, 0.2) is 48.7 Å². The van der Waals surface area contributed by atoms with Crippen molar-refractivity contribution in [2.24, 2.45) is 0 Å². The Morgan fingerprint density at radius 1 is 0.896 bits per heavy atom. The maximum atomic E-state index is 12.9. The van der Waals surface area contributed by atoms with Crippen molar-refractivity contribution in [3.8, 4) is 32.1 Å². The topological polar surface area (TPSA) is 102 Å². The van der Waals surface area contributed by atoms with Crippen LogP contribution in [0.3, 0.4) is 0 Å². The number of fused-ring (bicyclic) bond motifs is 6. The number of nitrogens with one attached hydrogen (secondary N) is 3. The monoisotopic (exact) mass is 661 g/mol. The van der Waals surface area contributed by atoms with Crippen LogP contribution in [0.4, 0.5) is 4.79 Å². The number of hydrogen-bond donors (Lipinski definition) is 3. The largest absolute Gasteiger partial charge is 0.444 e. The van der Waals surface area contributed by atoms with E-state index in [1.54, 1.807) is 0 Å². The maximum Gasteiger partial charge on any atom is 0.410 e. The van der Waals surface area contributed by atoms with Gasteiger partial charge in [-0.3, -0.25) is 9.80 Å². The highest BCUT2D eigenvalue weighted by molar-refractivity contribution is 7.18. The molecule has 9 rings (SSSR count). The number of thiophene rings is 1. The van der Waals surface area contributed by atoms with E-state index in [9.17, 15) is 4.79 Å². The summed E-state index contributed by atoms with van der Waals surface area (Å²) in [5.74, 6) is 1.88. The van der Waals surface area contributed by atoms with Gasteiger partial charge in [0, 0.05) is 23.5 Å². The molecule has 9 nitrogen and oxygen atoms in total. The van der Waals surface area contributed by atoms with Gasteiger partial charge in [-0.05, 0) is 125 Å². The van der Waals surface area contributed by atoms with Crippen molar-refractivity contribution < 1.29 is 9.53 Å². The van der Waals surface area contributed by atoms with Crippen molar-refractivity contribution in [1.82, 2.24) is 35.1 Å². The lowest BCUT2D eigenvalue weighted by Gasteiger charge is -2.27. The van der Waals surface area contributed by atoms with Gasteiger partial charge in [0.2, 0.25) is 0 Å². The lowest BCUT2D eigenvalue weighted by molar-refractivity contribution is 0.0218. The fourth-order valence-electron chi connectivity index (χ4n) is 8.59. The summed E-state index contributed by atoms with van der Waals surface area (Å²) in [5.41, 5.74) is 9.53. The highest BCUT2D eigenvalue weighted by Crippen LogP contribution is 2.58. The number of carbonyl (C=O) groups is 1. The molecule has 7 heterocycles. The third kappa shape index (κ3) is 4.99. The lowest BCUT2D eigenvalue weighted by atomic mass is 9.83. The third-order valence-electron chi connectivity index (χ3n) is 10.8. The van der Waals surface area contributed by atoms with Gasteiger partial charge in [-0.2, -0.15) is 0 Å². The highest BCUT2D eigenvalue weighted by Gasteiger charge is 2.45. The van der Waals surface area contributed by atoms with Crippen LogP contribution in [0, 0.1) is 0 Å². The van der Waals surface area contributed by atoms with Crippen LogP contribution in [0.2, 0.25) is 0 Å². The number of hydrogen-bond acceptors (Lipinski definition) is 7. The average Bonchev–Trinajstić information content (AvgIpc) is 3.91. The minimum absolute atomic E-state index is 0.0955. The van der Waals surface area contributed by atoms with E-state index in [1.807, 2.05) is 43.2 Å². The normalized spacial score (nSPS) is 23.9. The van der Waals surface area contributed by atoms with Gasteiger partial charge in [0.15, 0.2) is 0 Å². The number of carbonyl (C=O) groups excluding carboxylic acids is 1. The number of likely N-dealkylation sites (tertiary alicyclic amines) is 1. The van der Waals surface area contributed by atoms with Crippen molar-refractivity contribution in [1.29, 1.82) is 0 Å². The summed E-state index contributed by atoms with van der Waals surface area (Å²) in [7, 11) is 2.30. The molecule has 248 valence electrons. The smallest absolute Gasteiger partial charge is 0.410 e. The Kier molecular flexibility index (Phi) is 7.08. The SMILES string of the molecule is CN1C2CCC1c1c(-c3ccc(-c4cnc([C@@H]5CCCN5C(=O)OC(C)(C)C)[nH]4)s3)ccc(-c3ccc4nc([C@@H]5CCCN5)[nH]c4c3)c12. The molecule has 0 spiro atoms. The summed E-state index contributed by atoms with van der Waals surface area (Å²) in [6.45, 7) is 7.47. The van der Waals surface area contributed by atoms with Crippen LogP contribution >= 0.6 is 11.3 Å². The predicted octanol–water partition coefficient (Wildman–Crippen LogP) is 8.67. The number of H-pyrrole nitrogens is 2. The molecule has 10 heteroatoms. The number of amides is 1. The average molecular weight is 662 g/mol. The molecular formula is C38H43N7O2S. The number of imidazole rings is 2. The fraction of sp³-hybridized carbons (Fsp3) is 0.447. The van der Waals surface area contributed by atoms with Crippen LogP contribution in [-0.2, 0) is 4.74 Å². The second-order valence-corrected chi connectivity index (χ2v) is 16.0. The molecule has 3 aromatic heterocycles. The summed E-state index contributed by atoms with van der Waals surface area (Å²) in [6.07, 6.45) is 8.19. The third-order valence-corrected chi connectivity index (χ3v) is 11.9. The van der Waals surface area contributed by atoms with Crippen molar-refractivity contribution in [3.05, 3.63) is 71.4 Å². The Morgan fingerprint density at radius 2 is 1.69 bits per heavy atom. The molecule has 4 aliphatic rings.